The molecule has 1 aromatic rings. The van der Waals surface area contributed by atoms with Crippen molar-refractivity contribution in [3.05, 3.63) is 26.2 Å². The summed E-state index contributed by atoms with van der Waals surface area (Å²) >= 11 is 29.6. The van der Waals surface area contributed by atoms with Gasteiger partial charge < -0.3 is 0 Å². The Bertz CT molecular complexity index is 424. The normalized spacial score (nSPS) is 13.3. The van der Waals surface area contributed by atoms with Crippen molar-refractivity contribution in [3.63, 3.8) is 0 Å². The zero-order valence-corrected chi connectivity index (χ0v) is 13.8. The lowest BCUT2D eigenvalue weighted by atomic mass is 10.3. The highest BCUT2D eigenvalue weighted by Gasteiger charge is 2.22. The van der Waals surface area contributed by atoms with Gasteiger partial charge in [0.15, 0.2) is 0 Å². The molecule has 0 aromatic heterocycles. The largest absolute Gasteiger partial charge is 0.252 e. The van der Waals surface area contributed by atoms with E-state index in [1.165, 1.54) is 6.07 Å². The van der Waals surface area contributed by atoms with E-state index in [-0.39, 0.29) is 25.0 Å². The summed E-state index contributed by atoms with van der Waals surface area (Å²) in [5, 5.41) is 0.702. The molecule has 0 heterocycles. The van der Waals surface area contributed by atoms with E-state index in [9.17, 15) is 4.21 Å². The van der Waals surface area contributed by atoms with Gasteiger partial charge in [0, 0.05) is 0 Å². The van der Waals surface area contributed by atoms with Crippen molar-refractivity contribution in [3.8, 4) is 0 Å². The third kappa shape index (κ3) is 3.24. The molecular weight excluding hydrogens is 434 g/mol. The van der Waals surface area contributed by atoms with Gasteiger partial charge in [-0.3, -0.25) is 4.21 Å². The van der Waals surface area contributed by atoms with Gasteiger partial charge in [-0.1, -0.05) is 78.3 Å². The fourth-order valence-corrected chi connectivity index (χ4v) is 4.08. The molecule has 0 radical (unpaired) electrons. The maximum atomic E-state index is 11.8. The number of rotatable bonds is 2. The summed E-state index contributed by atoms with van der Waals surface area (Å²) in [6.45, 7) is 0. The van der Waals surface area contributed by atoms with Gasteiger partial charge in [-0.2, -0.15) is 0 Å². The van der Waals surface area contributed by atoms with Crippen LogP contribution in [0.4, 0.5) is 0 Å². The minimum atomic E-state index is -1.45. The molecule has 0 saturated carbocycles. The first-order chi connectivity index (χ1) is 6.86. The van der Waals surface area contributed by atoms with Gasteiger partial charge in [0.25, 0.3) is 0 Å². The second-order valence-corrected chi connectivity index (χ2v) is 9.67. The molecule has 0 aliphatic rings. The zero-order chi connectivity index (χ0) is 11.7. The number of alkyl halides is 2. The molecule has 0 bridgehead atoms. The van der Waals surface area contributed by atoms with Crippen molar-refractivity contribution in [2.24, 2.45) is 0 Å². The van der Waals surface area contributed by atoms with Crippen LogP contribution in [0.15, 0.2) is 11.0 Å². The zero-order valence-electron chi connectivity index (χ0n) is 6.74. The highest BCUT2D eigenvalue weighted by atomic mass is 79.9. The molecule has 84 valence electrons. The number of benzene rings is 1. The molecule has 15 heavy (non-hydrogen) atoms. The van der Waals surface area contributed by atoms with Crippen LogP contribution >= 0.6 is 78.3 Å². The number of halogens is 6. The molecule has 1 atom stereocenters. The Morgan fingerprint density at radius 3 is 2.07 bits per heavy atom. The molecular formula is C7H2Br2Cl4OS. The Hall–Kier alpha value is 1.49. The predicted octanol–water partition coefficient (Wildman–Crippen LogP) is 5.48. The maximum absolute atomic E-state index is 11.8. The summed E-state index contributed by atoms with van der Waals surface area (Å²) in [7, 11) is -1.45. The molecule has 0 fully saturated rings. The summed E-state index contributed by atoms with van der Waals surface area (Å²) in [5.41, 5.74) is 0. The van der Waals surface area contributed by atoms with Crippen LogP contribution in [0.25, 0.3) is 0 Å². The first-order valence-corrected chi connectivity index (χ1v) is 7.93. The first kappa shape index (κ1) is 14.6. The molecule has 1 aromatic carbocycles. The minimum absolute atomic E-state index is 0.108. The van der Waals surface area contributed by atoms with Gasteiger partial charge in [0.05, 0.1) is 35.8 Å². The smallest absolute Gasteiger partial charge is 0.149 e. The van der Waals surface area contributed by atoms with Crippen LogP contribution in [0.2, 0.25) is 20.1 Å². The number of hydrogen-bond donors (Lipinski definition) is 0. The third-order valence-electron chi connectivity index (χ3n) is 1.44. The van der Waals surface area contributed by atoms with Gasteiger partial charge in [0.1, 0.15) is 3.07 Å². The average molecular weight is 436 g/mol. The fraction of sp³-hybridized carbons (Fsp3) is 0.143. The van der Waals surface area contributed by atoms with E-state index in [1.807, 2.05) is 0 Å². The first-order valence-electron chi connectivity index (χ1n) is 3.38. The van der Waals surface area contributed by atoms with Crippen molar-refractivity contribution in [2.45, 2.75) is 7.96 Å². The van der Waals surface area contributed by atoms with Gasteiger partial charge in [0.2, 0.25) is 0 Å². The van der Waals surface area contributed by atoms with E-state index in [0.29, 0.717) is 0 Å². The SMILES string of the molecule is O=S(c1c(Cl)cc(Cl)c(Cl)c1Cl)C(Br)Br. The monoisotopic (exact) mass is 432 g/mol. The van der Waals surface area contributed by atoms with Crippen LogP contribution in [0.1, 0.15) is 0 Å². The second-order valence-electron chi connectivity index (χ2n) is 2.36. The van der Waals surface area contributed by atoms with E-state index in [0.717, 1.165) is 0 Å². The lowest BCUT2D eigenvalue weighted by Gasteiger charge is -2.10. The van der Waals surface area contributed by atoms with Crippen molar-refractivity contribution in [1.29, 1.82) is 0 Å². The Kier molecular flexibility index (Phi) is 5.72. The second kappa shape index (κ2) is 5.89. The molecule has 0 spiro atoms. The summed E-state index contributed by atoms with van der Waals surface area (Å²) < 4.78 is 11.3. The molecule has 1 rings (SSSR count). The predicted molar refractivity (Wildman–Crippen MR) is 74.5 cm³/mol. The molecule has 0 amide bonds. The summed E-state index contributed by atoms with van der Waals surface area (Å²) in [4.78, 5) is 0.256. The Morgan fingerprint density at radius 2 is 1.60 bits per heavy atom. The fourth-order valence-electron chi connectivity index (χ4n) is 0.823. The lowest BCUT2D eigenvalue weighted by molar-refractivity contribution is 0.685. The van der Waals surface area contributed by atoms with Crippen molar-refractivity contribution in [1.82, 2.24) is 0 Å². The van der Waals surface area contributed by atoms with Crippen LogP contribution in [0.5, 0.6) is 0 Å². The topological polar surface area (TPSA) is 17.1 Å². The van der Waals surface area contributed by atoms with Gasteiger partial charge in [-0.25, -0.2) is 0 Å². The van der Waals surface area contributed by atoms with E-state index in [4.69, 9.17) is 46.4 Å². The van der Waals surface area contributed by atoms with Gasteiger partial charge >= 0.3 is 0 Å². The van der Waals surface area contributed by atoms with Crippen molar-refractivity contribution < 1.29 is 4.21 Å². The molecule has 0 N–H and O–H groups in total. The third-order valence-corrected chi connectivity index (χ3v) is 6.41. The standard InChI is InChI=1S/C7H2Br2Cl4OS/c8-7(9)15(14)6-3(11)1-2(10)4(12)5(6)13/h1,7H. The van der Waals surface area contributed by atoms with Crippen molar-refractivity contribution >= 4 is 89.1 Å². The van der Waals surface area contributed by atoms with E-state index in [2.05, 4.69) is 31.9 Å². The molecule has 1 nitrogen and oxygen atoms in total. The molecule has 0 aliphatic carbocycles. The Balaban J connectivity index is 3.43. The Labute approximate surface area is 126 Å². The summed E-state index contributed by atoms with van der Waals surface area (Å²) in [6.07, 6.45) is 0. The van der Waals surface area contributed by atoms with Crippen LogP contribution < -0.4 is 0 Å². The van der Waals surface area contributed by atoms with Gasteiger partial charge in [-0.05, 0) is 6.07 Å². The summed E-state index contributed by atoms with van der Waals surface area (Å²) in [6, 6.07) is 1.41. The summed E-state index contributed by atoms with van der Waals surface area (Å²) in [5.74, 6) is 0. The van der Waals surface area contributed by atoms with Crippen LogP contribution in [-0.4, -0.2) is 7.28 Å². The molecule has 0 saturated heterocycles. The number of hydrogen-bond acceptors (Lipinski definition) is 1. The highest BCUT2D eigenvalue weighted by molar-refractivity contribution is 9.27. The lowest BCUT2D eigenvalue weighted by Crippen LogP contribution is -2.01. The van der Waals surface area contributed by atoms with E-state index < -0.39 is 13.9 Å². The van der Waals surface area contributed by atoms with Crippen LogP contribution in [0.3, 0.4) is 0 Å². The van der Waals surface area contributed by atoms with Crippen LogP contribution in [-0.2, 0) is 10.8 Å². The molecule has 8 heteroatoms. The Morgan fingerprint density at radius 1 is 1.07 bits per heavy atom. The van der Waals surface area contributed by atoms with Crippen LogP contribution in [0, 0.1) is 0 Å². The molecule has 1 unspecified atom stereocenters. The maximum Gasteiger partial charge on any atom is 0.149 e. The van der Waals surface area contributed by atoms with Crippen molar-refractivity contribution in [2.75, 3.05) is 0 Å². The van der Waals surface area contributed by atoms with Gasteiger partial charge in [-0.15, -0.1) is 0 Å². The highest BCUT2D eigenvalue weighted by Crippen LogP contribution is 2.41. The quantitative estimate of drug-likeness (QED) is 0.341. The average Bonchev–Trinajstić information content (AvgIpc) is 2.14. The van der Waals surface area contributed by atoms with E-state index in [1.54, 1.807) is 0 Å². The minimum Gasteiger partial charge on any atom is -0.252 e. The van der Waals surface area contributed by atoms with E-state index >= 15 is 0 Å². The molecule has 0 aliphatic heterocycles.